The van der Waals surface area contributed by atoms with Gasteiger partial charge in [-0.05, 0) is 29.0 Å². The van der Waals surface area contributed by atoms with Crippen LogP contribution >= 0.6 is 0 Å². The van der Waals surface area contributed by atoms with Gasteiger partial charge in [-0.3, -0.25) is 0 Å². The van der Waals surface area contributed by atoms with Crippen molar-refractivity contribution in [1.29, 1.82) is 0 Å². The zero-order valence-electron chi connectivity index (χ0n) is 13.2. The van der Waals surface area contributed by atoms with Gasteiger partial charge in [0.25, 0.3) is 6.43 Å². The molecule has 0 atom stereocenters. The second-order valence-electron chi connectivity index (χ2n) is 5.69. The van der Waals surface area contributed by atoms with E-state index < -0.39 is 6.43 Å². The van der Waals surface area contributed by atoms with Crippen LogP contribution in [0.4, 0.5) is 8.78 Å². The van der Waals surface area contributed by atoms with Crippen LogP contribution in [0.2, 0.25) is 0 Å². The van der Waals surface area contributed by atoms with E-state index in [1.54, 1.807) is 12.1 Å². The van der Waals surface area contributed by atoms with Crippen molar-refractivity contribution >= 4 is 0 Å². The average molecular weight is 290 g/mol. The van der Waals surface area contributed by atoms with Gasteiger partial charge in [0.1, 0.15) is 0 Å². The molecule has 0 radical (unpaired) electrons. The van der Waals surface area contributed by atoms with E-state index in [0.29, 0.717) is 11.8 Å². The van der Waals surface area contributed by atoms with E-state index in [2.05, 4.69) is 38.1 Å². The topological polar surface area (TPSA) is 0 Å². The maximum Gasteiger partial charge on any atom is 0.263 e. The van der Waals surface area contributed by atoms with Gasteiger partial charge in [-0.15, -0.1) is 0 Å². The van der Waals surface area contributed by atoms with Gasteiger partial charge in [-0.2, -0.15) is 0 Å². The maximum atomic E-state index is 12.2. The monoisotopic (exact) mass is 290 g/mol. The van der Waals surface area contributed by atoms with Crippen LogP contribution in [0, 0.1) is 0 Å². The van der Waals surface area contributed by atoms with E-state index in [4.69, 9.17) is 0 Å². The van der Waals surface area contributed by atoms with Gasteiger partial charge < -0.3 is 0 Å². The van der Waals surface area contributed by atoms with Crippen LogP contribution in [-0.4, -0.2) is 0 Å². The molecule has 0 aliphatic rings. The highest BCUT2D eigenvalue weighted by Gasteiger charge is 2.07. The molecule has 2 rings (SSSR count). The molecule has 0 N–H and O–H groups in total. The zero-order valence-corrected chi connectivity index (χ0v) is 13.2. The third-order valence-corrected chi connectivity index (χ3v) is 3.30. The van der Waals surface area contributed by atoms with E-state index in [0.717, 1.165) is 5.56 Å². The Morgan fingerprint density at radius 1 is 0.619 bits per heavy atom. The Bertz CT molecular complexity index is 493. The molecule has 21 heavy (non-hydrogen) atoms. The minimum Gasteiger partial charge on any atom is -0.205 e. The van der Waals surface area contributed by atoms with Crippen LogP contribution in [0.1, 0.15) is 62.6 Å². The molecule has 0 nitrogen and oxygen atoms in total. The number of benzene rings is 2. The molecule has 2 aromatic rings. The second kappa shape index (κ2) is 8.56. The summed E-state index contributed by atoms with van der Waals surface area (Å²) in [6.45, 7) is 8.39. The quantitative estimate of drug-likeness (QED) is 0.600. The van der Waals surface area contributed by atoms with E-state index >= 15 is 0 Å². The Kier molecular flexibility index (Phi) is 7.07. The minimum atomic E-state index is -2.36. The Morgan fingerprint density at radius 3 is 1.52 bits per heavy atom. The molecule has 0 aromatic heterocycles. The summed E-state index contributed by atoms with van der Waals surface area (Å²) in [7, 11) is 0. The first-order chi connectivity index (χ1) is 9.91. The molecule has 0 aliphatic carbocycles. The molecule has 114 valence electrons. The lowest BCUT2D eigenvalue weighted by Crippen LogP contribution is -1.90. The molecule has 0 saturated carbocycles. The third kappa shape index (κ3) is 6.07. The maximum absolute atomic E-state index is 12.2. The summed E-state index contributed by atoms with van der Waals surface area (Å²) in [5.74, 6) is 0.967. The van der Waals surface area contributed by atoms with Gasteiger partial charge in [-0.25, -0.2) is 8.78 Å². The fourth-order valence-corrected chi connectivity index (χ4v) is 1.89. The molecule has 0 saturated heterocycles. The summed E-state index contributed by atoms with van der Waals surface area (Å²) in [6, 6.07) is 17.1. The van der Waals surface area contributed by atoms with Crippen LogP contribution in [0.5, 0.6) is 0 Å². The number of hydrogen-bond acceptors (Lipinski definition) is 0. The molecule has 0 aliphatic heterocycles. The van der Waals surface area contributed by atoms with E-state index in [1.807, 2.05) is 26.0 Å². The molecule has 0 fully saturated rings. The van der Waals surface area contributed by atoms with Crippen LogP contribution < -0.4 is 0 Å². The second-order valence-corrected chi connectivity index (χ2v) is 5.69. The van der Waals surface area contributed by atoms with Gasteiger partial charge in [0.2, 0.25) is 0 Å². The summed E-state index contributed by atoms with van der Waals surface area (Å²) >= 11 is 0. The van der Waals surface area contributed by atoms with Crippen molar-refractivity contribution in [3.63, 3.8) is 0 Å². The first-order valence-corrected chi connectivity index (χ1v) is 7.34. The average Bonchev–Trinajstić information content (AvgIpc) is 2.49. The van der Waals surface area contributed by atoms with Gasteiger partial charge in [0, 0.05) is 5.56 Å². The van der Waals surface area contributed by atoms with Crippen molar-refractivity contribution < 1.29 is 8.78 Å². The van der Waals surface area contributed by atoms with Crippen molar-refractivity contribution in [2.45, 2.75) is 46.0 Å². The first kappa shape index (κ1) is 17.4. The summed E-state index contributed by atoms with van der Waals surface area (Å²) < 4.78 is 24.4. The Morgan fingerprint density at radius 2 is 1.10 bits per heavy atom. The minimum absolute atomic E-state index is 0.112. The lowest BCUT2D eigenvalue weighted by atomic mass is 10.0. The van der Waals surface area contributed by atoms with E-state index in [1.165, 1.54) is 11.6 Å². The van der Waals surface area contributed by atoms with E-state index in [-0.39, 0.29) is 5.56 Å². The highest BCUT2D eigenvalue weighted by atomic mass is 19.3. The van der Waals surface area contributed by atoms with Crippen molar-refractivity contribution in [1.82, 2.24) is 0 Å². The summed E-state index contributed by atoms with van der Waals surface area (Å²) in [6.07, 6.45) is -2.36. The van der Waals surface area contributed by atoms with E-state index in [9.17, 15) is 8.78 Å². The summed E-state index contributed by atoms with van der Waals surface area (Å²) in [5, 5.41) is 0. The molecule has 2 heteroatoms. The van der Waals surface area contributed by atoms with Crippen LogP contribution in [0.25, 0.3) is 0 Å². The zero-order chi connectivity index (χ0) is 15.8. The SMILES string of the molecule is CC(C)c1cccc(C(F)F)c1.CC(C)c1ccccc1. The molecule has 2 aromatic carbocycles. The lowest BCUT2D eigenvalue weighted by molar-refractivity contribution is 0.151. The molecular formula is C19H24F2. The molecular weight excluding hydrogens is 266 g/mol. The number of rotatable bonds is 3. The Labute approximate surface area is 126 Å². The number of alkyl halides is 2. The third-order valence-electron chi connectivity index (χ3n) is 3.30. The summed E-state index contributed by atoms with van der Waals surface area (Å²) in [4.78, 5) is 0. The van der Waals surface area contributed by atoms with Crippen molar-refractivity contribution in [3.8, 4) is 0 Å². The lowest BCUT2D eigenvalue weighted by Gasteiger charge is -2.06. The molecule has 0 spiro atoms. The van der Waals surface area contributed by atoms with Crippen LogP contribution in [-0.2, 0) is 0 Å². The highest BCUT2D eigenvalue weighted by molar-refractivity contribution is 5.26. The normalized spacial score (nSPS) is 10.7. The first-order valence-electron chi connectivity index (χ1n) is 7.34. The predicted octanol–water partition coefficient (Wildman–Crippen LogP) is 6.56. The number of hydrogen-bond donors (Lipinski definition) is 0. The van der Waals surface area contributed by atoms with Gasteiger partial charge >= 0.3 is 0 Å². The van der Waals surface area contributed by atoms with Crippen LogP contribution in [0.15, 0.2) is 54.6 Å². The van der Waals surface area contributed by atoms with Crippen LogP contribution in [0.3, 0.4) is 0 Å². The Balaban J connectivity index is 0.000000219. The molecule has 0 bridgehead atoms. The van der Waals surface area contributed by atoms with Gasteiger partial charge in [0.05, 0.1) is 0 Å². The predicted molar refractivity (Wildman–Crippen MR) is 86.0 cm³/mol. The Hall–Kier alpha value is -1.70. The van der Waals surface area contributed by atoms with Gasteiger partial charge in [0.15, 0.2) is 0 Å². The smallest absolute Gasteiger partial charge is 0.205 e. The molecule has 0 heterocycles. The molecule has 0 amide bonds. The fourth-order valence-electron chi connectivity index (χ4n) is 1.89. The van der Waals surface area contributed by atoms with Crippen molar-refractivity contribution in [3.05, 3.63) is 71.3 Å². The largest absolute Gasteiger partial charge is 0.263 e. The fraction of sp³-hybridized carbons (Fsp3) is 0.368. The molecule has 0 unspecified atom stereocenters. The highest BCUT2D eigenvalue weighted by Crippen LogP contribution is 2.22. The van der Waals surface area contributed by atoms with Gasteiger partial charge in [-0.1, -0.05) is 76.2 Å². The van der Waals surface area contributed by atoms with Crippen molar-refractivity contribution in [2.24, 2.45) is 0 Å². The number of halogens is 2. The summed E-state index contributed by atoms with van der Waals surface area (Å²) in [5.41, 5.74) is 2.49. The van der Waals surface area contributed by atoms with Crippen molar-refractivity contribution in [2.75, 3.05) is 0 Å². The standard InChI is InChI=1S/C10H12F2.C9H12/c1-7(2)8-4-3-5-9(6-8)10(11)12;1-8(2)9-6-4-3-5-7-9/h3-7,10H,1-2H3;3-8H,1-2H3.